The van der Waals surface area contributed by atoms with Gasteiger partial charge in [0.05, 0.1) is 26.4 Å². The van der Waals surface area contributed by atoms with E-state index < -0.39 is 30.2 Å². The molecule has 0 saturated carbocycles. The number of nitrogens with zero attached hydrogens (tertiary/aromatic N) is 2. The first-order valence-corrected chi connectivity index (χ1v) is 9.23. The normalized spacial score (nSPS) is 10.2. The Bertz CT molecular complexity index is 946. The van der Waals surface area contributed by atoms with Gasteiger partial charge in [-0.05, 0) is 18.6 Å². The van der Waals surface area contributed by atoms with Crippen LogP contribution in [-0.2, 0) is 35.2 Å². The zero-order valence-electron chi connectivity index (χ0n) is 17.3. The van der Waals surface area contributed by atoms with Crippen molar-refractivity contribution in [3.8, 4) is 0 Å². The summed E-state index contributed by atoms with van der Waals surface area (Å²) in [5.74, 6) is -3.45. The summed E-state index contributed by atoms with van der Waals surface area (Å²) in [6, 6.07) is 10.1. The van der Waals surface area contributed by atoms with E-state index in [1.54, 1.807) is 31.2 Å². The van der Waals surface area contributed by atoms with Crippen molar-refractivity contribution in [3.63, 3.8) is 0 Å². The number of ether oxygens (including phenoxy) is 3. The molecular formula is C21H22N2O8. The van der Waals surface area contributed by atoms with E-state index in [-0.39, 0.29) is 30.2 Å². The van der Waals surface area contributed by atoms with Crippen LogP contribution in [0.5, 0.6) is 0 Å². The number of aromatic nitrogens is 1. The van der Waals surface area contributed by atoms with E-state index in [2.05, 4.69) is 9.72 Å². The average Bonchev–Trinajstić information content (AvgIpc) is 2.79. The Hall–Kier alpha value is -3.79. The van der Waals surface area contributed by atoms with Gasteiger partial charge in [-0.1, -0.05) is 30.3 Å². The summed E-state index contributed by atoms with van der Waals surface area (Å²) < 4.78 is 14.2. The molecule has 0 spiro atoms. The van der Waals surface area contributed by atoms with E-state index in [0.717, 1.165) is 30.0 Å². The van der Waals surface area contributed by atoms with Gasteiger partial charge in [0.1, 0.15) is 18.6 Å². The third-order valence-corrected chi connectivity index (χ3v) is 3.92. The number of methoxy groups -OCH3 is 2. The second kappa shape index (κ2) is 11.4. The molecule has 0 unspecified atom stereocenters. The molecule has 1 aromatic carbocycles. The van der Waals surface area contributed by atoms with Gasteiger partial charge in [-0.15, -0.1) is 0 Å². The van der Waals surface area contributed by atoms with Gasteiger partial charge >= 0.3 is 17.9 Å². The molecule has 0 aliphatic carbocycles. The first kappa shape index (κ1) is 23.5. The third-order valence-electron chi connectivity index (χ3n) is 3.92. The van der Waals surface area contributed by atoms with Crippen molar-refractivity contribution in [1.29, 1.82) is 0 Å². The molecule has 0 saturated heterocycles. The molecule has 0 fully saturated rings. The Labute approximate surface area is 178 Å². The zero-order valence-corrected chi connectivity index (χ0v) is 17.3. The van der Waals surface area contributed by atoms with Crippen LogP contribution in [0, 0.1) is 0 Å². The van der Waals surface area contributed by atoms with Crippen LogP contribution in [0.2, 0.25) is 0 Å². The van der Waals surface area contributed by atoms with Crippen LogP contribution in [0.4, 0.5) is 5.82 Å². The lowest BCUT2D eigenvalue weighted by atomic mass is 10.2. The maximum Gasteiger partial charge on any atom is 0.341 e. The maximum atomic E-state index is 12.8. The highest BCUT2D eigenvalue weighted by Gasteiger charge is 2.28. The van der Waals surface area contributed by atoms with Gasteiger partial charge < -0.3 is 14.2 Å². The summed E-state index contributed by atoms with van der Waals surface area (Å²) >= 11 is 0. The van der Waals surface area contributed by atoms with Crippen molar-refractivity contribution >= 4 is 29.6 Å². The molecule has 0 atom stereocenters. The molecular weight excluding hydrogens is 408 g/mol. The van der Waals surface area contributed by atoms with Crippen molar-refractivity contribution in [2.24, 2.45) is 0 Å². The fraction of sp³-hybridized carbons (Fsp3) is 0.286. The fourth-order valence-electron chi connectivity index (χ4n) is 2.48. The van der Waals surface area contributed by atoms with E-state index in [9.17, 15) is 19.2 Å². The van der Waals surface area contributed by atoms with Gasteiger partial charge in [-0.3, -0.25) is 14.4 Å². The number of anilines is 1. The second-order valence-corrected chi connectivity index (χ2v) is 6.01. The largest absolute Gasteiger partial charge is 0.466 e. The lowest BCUT2D eigenvalue weighted by Gasteiger charge is -2.22. The summed E-state index contributed by atoms with van der Waals surface area (Å²) in [6.07, 6.45) is 0.466. The molecule has 0 N–H and O–H groups in total. The molecule has 2 rings (SSSR count). The Morgan fingerprint density at radius 1 is 1.00 bits per heavy atom. The first-order valence-electron chi connectivity index (χ1n) is 9.23. The minimum absolute atomic E-state index is 0.0347. The highest BCUT2D eigenvalue weighted by molar-refractivity contribution is 6.06. The topological polar surface area (TPSA) is 121 Å². The van der Waals surface area contributed by atoms with Crippen LogP contribution in [0.15, 0.2) is 42.6 Å². The van der Waals surface area contributed by atoms with Crippen molar-refractivity contribution < 1.29 is 38.2 Å². The van der Waals surface area contributed by atoms with E-state index >= 15 is 0 Å². The van der Waals surface area contributed by atoms with Gasteiger partial charge in [0.15, 0.2) is 5.82 Å². The van der Waals surface area contributed by atoms with Gasteiger partial charge in [0, 0.05) is 6.20 Å². The predicted octanol–water partition coefficient (Wildman–Crippen LogP) is 2.07. The van der Waals surface area contributed by atoms with E-state index in [0.29, 0.717) is 0 Å². The number of esters is 3. The molecule has 164 valence electrons. The number of hydrogen-bond donors (Lipinski definition) is 0. The molecule has 10 nitrogen and oxygen atoms in total. The average molecular weight is 430 g/mol. The van der Waals surface area contributed by atoms with Gasteiger partial charge in [0.25, 0.3) is 5.91 Å². The lowest BCUT2D eigenvalue weighted by Crippen LogP contribution is -2.35. The van der Waals surface area contributed by atoms with Crippen molar-refractivity contribution in [1.82, 2.24) is 4.98 Å². The number of pyridine rings is 1. The molecule has 1 amide bonds. The number of carbonyl (C=O) groups is 4. The van der Waals surface area contributed by atoms with Crippen molar-refractivity contribution in [2.45, 2.75) is 20.0 Å². The lowest BCUT2D eigenvalue weighted by molar-refractivity contribution is -0.147. The monoisotopic (exact) mass is 430 g/mol. The second-order valence-electron chi connectivity index (χ2n) is 6.01. The Morgan fingerprint density at radius 2 is 1.68 bits per heavy atom. The number of amides is 1. The van der Waals surface area contributed by atoms with Crippen LogP contribution in [0.25, 0.3) is 0 Å². The summed E-state index contributed by atoms with van der Waals surface area (Å²) in [4.78, 5) is 58.4. The summed E-state index contributed by atoms with van der Waals surface area (Å²) in [5.41, 5.74) is 0.463. The van der Waals surface area contributed by atoms with Crippen LogP contribution < -0.4 is 5.06 Å². The molecule has 0 radical (unpaired) electrons. The highest BCUT2D eigenvalue weighted by atomic mass is 16.7. The number of hydroxylamine groups is 1. The van der Waals surface area contributed by atoms with Crippen LogP contribution in [0.1, 0.15) is 39.6 Å². The number of benzene rings is 1. The number of rotatable bonds is 9. The standard InChI is InChI=1S/C21H22N2O8/c1-4-30-18(25)11-17(24)23(31-13-14-8-6-5-7-9-14)19-16(21(27)29-3)10-15(12-22-19)20(26)28-2/h5-10,12H,4,11,13H2,1-3H3. The summed E-state index contributed by atoms with van der Waals surface area (Å²) in [7, 11) is 2.30. The molecule has 2 aromatic rings. The minimum atomic E-state index is -0.870. The predicted molar refractivity (Wildman–Crippen MR) is 107 cm³/mol. The highest BCUT2D eigenvalue weighted by Crippen LogP contribution is 2.23. The molecule has 31 heavy (non-hydrogen) atoms. The Balaban J connectivity index is 2.45. The van der Waals surface area contributed by atoms with E-state index in [1.807, 2.05) is 6.07 Å². The smallest absolute Gasteiger partial charge is 0.341 e. The zero-order chi connectivity index (χ0) is 22.8. The summed E-state index contributed by atoms with van der Waals surface area (Å²) in [6.45, 7) is 1.64. The minimum Gasteiger partial charge on any atom is -0.466 e. The molecule has 0 bridgehead atoms. The van der Waals surface area contributed by atoms with Crippen LogP contribution in [-0.4, -0.2) is 49.6 Å². The van der Waals surface area contributed by atoms with Crippen molar-refractivity contribution in [2.75, 3.05) is 25.9 Å². The molecule has 0 aliphatic rings. The van der Waals surface area contributed by atoms with E-state index in [4.69, 9.17) is 14.3 Å². The quantitative estimate of drug-likeness (QED) is 0.255. The van der Waals surface area contributed by atoms with Crippen LogP contribution >= 0.6 is 0 Å². The van der Waals surface area contributed by atoms with E-state index in [1.165, 1.54) is 7.11 Å². The first-order chi connectivity index (χ1) is 14.9. The Morgan fingerprint density at radius 3 is 2.29 bits per heavy atom. The number of carbonyl (C=O) groups excluding carboxylic acids is 4. The summed E-state index contributed by atoms with van der Waals surface area (Å²) in [5, 5.41) is 0.719. The van der Waals surface area contributed by atoms with Gasteiger partial charge in [0.2, 0.25) is 0 Å². The van der Waals surface area contributed by atoms with Crippen molar-refractivity contribution in [3.05, 3.63) is 59.3 Å². The molecule has 10 heteroatoms. The number of hydrogen-bond acceptors (Lipinski definition) is 9. The molecule has 0 aliphatic heterocycles. The van der Waals surface area contributed by atoms with Crippen LogP contribution in [0.3, 0.4) is 0 Å². The maximum absolute atomic E-state index is 12.8. The Kier molecular flexibility index (Phi) is 8.64. The van der Waals surface area contributed by atoms with Gasteiger partial charge in [-0.2, -0.15) is 5.06 Å². The molecule has 1 heterocycles. The third kappa shape index (κ3) is 6.34. The SMILES string of the molecule is CCOC(=O)CC(=O)N(OCc1ccccc1)c1ncc(C(=O)OC)cc1C(=O)OC. The fourth-order valence-corrected chi connectivity index (χ4v) is 2.48. The molecule has 1 aromatic heterocycles. The van der Waals surface area contributed by atoms with Gasteiger partial charge in [-0.25, -0.2) is 14.6 Å².